The molecule has 0 saturated heterocycles. The fourth-order valence-electron chi connectivity index (χ4n) is 1.31. The maximum absolute atomic E-state index is 11.7. The lowest BCUT2D eigenvalue weighted by Gasteiger charge is -2.05. The van der Waals surface area contributed by atoms with Crippen LogP contribution in [0.2, 0.25) is 0 Å². The average molecular weight is 238 g/mol. The minimum atomic E-state index is -0.0552. The molecule has 0 N–H and O–H groups in total. The summed E-state index contributed by atoms with van der Waals surface area (Å²) < 4.78 is 15.4. The summed E-state index contributed by atoms with van der Waals surface area (Å²) in [6, 6.07) is 7.03. The number of rotatable bonds is 8. The molecule has 0 aromatic heterocycles. The Labute approximate surface area is 101 Å². The fraction of sp³-hybridized carbons (Fsp3) is 0.462. The number of ether oxygens (including phenoxy) is 3. The van der Waals surface area contributed by atoms with Gasteiger partial charge in [0.2, 0.25) is 0 Å². The van der Waals surface area contributed by atoms with Crippen LogP contribution in [0.25, 0.3) is 0 Å². The van der Waals surface area contributed by atoms with E-state index in [0.717, 1.165) is 0 Å². The topological polar surface area (TPSA) is 44.8 Å². The van der Waals surface area contributed by atoms with E-state index in [9.17, 15) is 4.79 Å². The SMILES string of the molecule is CCOCCOCC(=O)c1cccc(OC)c1. The molecule has 0 fully saturated rings. The number of hydrogen-bond donors (Lipinski definition) is 0. The van der Waals surface area contributed by atoms with Crippen molar-refractivity contribution in [2.24, 2.45) is 0 Å². The highest BCUT2D eigenvalue weighted by atomic mass is 16.5. The van der Waals surface area contributed by atoms with E-state index in [-0.39, 0.29) is 12.4 Å². The van der Waals surface area contributed by atoms with Gasteiger partial charge < -0.3 is 14.2 Å². The van der Waals surface area contributed by atoms with Gasteiger partial charge in [-0.15, -0.1) is 0 Å². The molecule has 0 aliphatic rings. The number of hydrogen-bond acceptors (Lipinski definition) is 4. The summed E-state index contributed by atoms with van der Waals surface area (Å²) in [6.07, 6.45) is 0. The largest absolute Gasteiger partial charge is 0.497 e. The predicted molar refractivity (Wildman–Crippen MR) is 64.6 cm³/mol. The monoisotopic (exact) mass is 238 g/mol. The molecule has 0 heterocycles. The summed E-state index contributed by atoms with van der Waals surface area (Å²) in [6.45, 7) is 3.60. The van der Waals surface area contributed by atoms with Crippen LogP contribution in [0.5, 0.6) is 5.75 Å². The molecule has 0 saturated carbocycles. The number of benzene rings is 1. The molecule has 0 aliphatic carbocycles. The Kier molecular flexibility index (Phi) is 6.29. The number of ketones is 1. The molecule has 1 aromatic rings. The second-order valence-electron chi connectivity index (χ2n) is 3.40. The molecule has 1 aromatic carbocycles. The second-order valence-corrected chi connectivity index (χ2v) is 3.40. The molecule has 4 heteroatoms. The third-order valence-corrected chi connectivity index (χ3v) is 2.20. The van der Waals surface area contributed by atoms with Gasteiger partial charge in [-0.25, -0.2) is 0 Å². The molecule has 0 atom stereocenters. The highest BCUT2D eigenvalue weighted by molar-refractivity contribution is 5.97. The Hall–Kier alpha value is -1.39. The summed E-state index contributed by atoms with van der Waals surface area (Å²) in [5, 5.41) is 0. The van der Waals surface area contributed by atoms with Crippen molar-refractivity contribution in [2.75, 3.05) is 33.5 Å². The zero-order valence-electron chi connectivity index (χ0n) is 10.3. The Morgan fingerprint density at radius 1 is 1.24 bits per heavy atom. The number of Topliss-reactive ketones (excluding diaryl/α,β-unsaturated/α-hetero) is 1. The molecule has 0 aliphatic heterocycles. The molecule has 0 spiro atoms. The minimum Gasteiger partial charge on any atom is -0.497 e. The fourth-order valence-corrected chi connectivity index (χ4v) is 1.31. The van der Waals surface area contributed by atoms with Gasteiger partial charge >= 0.3 is 0 Å². The van der Waals surface area contributed by atoms with E-state index in [1.165, 1.54) is 0 Å². The molecule has 94 valence electrons. The van der Waals surface area contributed by atoms with Crippen LogP contribution in [0.15, 0.2) is 24.3 Å². The van der Waals surface area contributed by atoms with Crippen LogP contribution in [-0.2, 0) is 9.47 Å². The van der Waals surface area contributed by atoms with Gasteiger partial charge in [-0.3, -0.25) is 4.79 Å². The normalized spacial score (nSPS) is 10.2. The first-order valence-electron chi connectivity index (χ1n) is 5.60. The van der Waals surface area contributed by atoms with Gasteiger partial charge in [0.15, 0.2) is 5.78 Å². The highest BCUT2D eigenvalue weighted by Crippen LogP contribution is 2.12. The van der Waals surface area contributed by atoms with Crippen LogP contribution in [0.4, 0.5) is 0 Å². The molecule has 0 radical (unpaired) electrons. The van der Waals surface area contributed by atoms with E-state index in [1.54, 1.807) is 31.4 Å². The van der Waals surface area contributed by atoms with Gasteiger partial charge in [-0.1, -0.05) is 12.1 Å². The van der Waals surface area contributed by atoms with Crippen LogP contribution < -0.4 is 4.74 Å². The van der Waals surface area contributed by atoms with Crippen LogP contribution in [-0.4, -0.2) is 39.3 Å². The van der Waals surface area contributed by atoms with Crippen molar-refractivity contribution in [3.05, 3.63) is 29.8 Å². The Morgan fingerprint density at radius 3 is 2.71 bits per heavy atom. The maximum atomic E-state index is 11.7. The van der Waals surface area contributed by atoms with Crippen molar-refractivity contribution in [1.82, 2.24) is 0 Å². The quantitative estimate of drug-likeness (QED) is 0.513. The first kappa shape index (κ1) is 13.7. The van der Waals surface area contributed by atoms with E-state index in [1.807, 2.05) is 6.92 Å². The first-order valence-corrected chi connectivity index (χ1v) is 5.60. The van der Waals surface area contributed by atoms with Crippen LogP contribution in [0.1, 0.15) is 17.3 Å². The lowest BCUT2D eigenvalue weighted by molar-refractivity contribution is 0.0475. The van der Waals surface area contributed by atoms with E-state index in [4.69, 9.17) is 14.2 Å². The summed E-state index contributed by atoms with van der Waals surface area (Å²) in [7, 11) is 1.57. The first-order chi connectivity index (χ1) is 8.27. The average Bonchev–Trinajstić information content (AvgIpc) is 2.38. The smallest absolute Gasteiger partial charge is 0.188 e. The lowest BCUT2D eigenvalue weighted by atomic mass is 10.1. The number of methoxy groups -OCH3 is 1. The zero-order valence-corrected chi connectivity index (χ0v) is 10.3. The summed E-state index contributed by atoms with van der Waals surface area (Å²) in [5.74, 6) is 0.616. The van der Waals surface area contributed by atoms with Crippen molar-refractivity contribution in [3.63, 3.8) is 0 Å². The lowest BCUT2D eigenvalue weighted by Crippen LogP contribution is -2.12. The standard InChI is InChI=1S/C13H18O4/c1-3-16-7-8-17-10-13(14)11-5-4-6-12(9-11)15-2/h4-6,9H,3,7-8,10H2,1-2H3. The van der Waals surface area contributed by atoms with Gasteiger partial charge in [0.1, 0.15) is 12.4 Å². The van der Waals surface area contributed by atoms with Gasteiger partial charge in [0, 0.05) is 12.2 Å². The predicted octanol–water partition coefficient (Wildman–Crippen LogP) is 1.93. The third kappa shape index (κ3) is 4.97. The molecular weight excluding hydrogens is 220 g/mol. The van der Waals surface area contributed by atoms with Crippen LogP contribution >= 0.6 is 0 Å². The van der Waals surface area contributed by atoms with Crippen molar-refractivity contribution >= 4 is 5.78 Å². The Morgan fingerprint density at radius 2 is 2.00 bits per heavy atom. The molecular formula is C13H18O4. The second kappa shape index (κ2) is 7.81. The van der Waals surface area contributed by atoms with E-state index >= 15 is 0 Å². The molecule has 17 heavy (non-hydrogen) atoms. The van der Waals surface area contributed by atoms with Gasteiger partial charge in [-0.05, 0) is 19.1 Å². The highest BCUT2D eigenvalue weighted by Gasteiger charge is 2.06. The van der Waals surface area contributed by atoms with Crippen LogP contribution in [0.3, 0.4) is 0 Å². The van der Waals surface area contributed by atoms with E-state index in [2.05, 4.69) is 0 Å². The van der Waals surface area contributed by atoms with E-state index < -0.39 is 0 Å². The molecule has 1 rings (SSSR count). The molecule has 0 amide bonds. The van der Waals surface area contributed by atoms with Crippen molar-refractivity contribution in [2.45, 2.75) is 6.92 Å². The van der Waals surface area contributed by atoms with Gasteiger partial charge in [0.05, 0.1) is 20.3 Å². The number of carbonyl (C=O) groups excluding carboxylic acids is 1. The molecule has 0 bridgehead atoms. The molecule has 0 unspecified atom stereocenters. The molecule has 4 nitrogen and oxygen atoms in total. The number of carbonyl (C=O) groups is 1. The summed E-state index contributed by atoms with van der Waals surface area (Å²) >= 11 is 0. The van der Waals surface area contributed by atoms with Gasteiger partial charge in [0.25, 0.3) is 0 Å². The zero-order chi connectivity index (χ0) is 12.5. The third-order valence-electron chi connectivity index (χ3n) is 2.20. The van der Waals surface area contributed by atoms with E-state index in [0.29, 0.717) is 31.1 Å². The van der Waals surface area contributed by atoms with Crippen molar-refractivity contribution < 1.29 is 19.0 Å². The van der Waals surface area contributed by atoms with Crippen molar-refractivity contribution in [3.8, 4) is 5.75 Å². The summed E-state index contributed by atoms with van der Waals surface area (Å²) in [4.78, 5) is 11.7. The van der Waals surface area contributed by atoms with Crippen molar-refractivity contribution in [1.29, 1.82) is 0 Å². The summed E-state index contributed by atoms with van der Waals surface area (Å²) in [5.41, 5.74) is 0.598. The maximum Gasteiger partial charge on any atom is 0.188 e. The Balaban J connectivity index is 2.36. The van der Waals surface area contributed by atoms with Crippen LogP contribution in [0, 0.1) is 0 Å². The van der Waals surface area contributed by atoms with Gasteiger partial charge in [-0.2, -0.15) is 0 Å². The minimum absolute atomic E-state index is 0.0552. The Bertz CT molecular complexity index is 349.